The SMILES string of the molecule is CCNc1cc(NCCn2ccnn2)nc(C(F)(F)F)n1. The monoisotopic (exact) mass is 301 g/mol. The number of nitrogens with one attached hydrogen (secondary N) is 2. The largest absolute Gasteiger partial charge is 0.451 e. The van der Waals surface area contributed by atoms with Gasteiger partial charge in [0.2, 0.25) is 5.82 Å². The quantitative estimate of drug-likeness (QED) is 0.844. The number of aromatic nitrogens is 5. The molecule has 0 aromatic carbocycles. The summed E-state index contributed by atoms with van der Waals surface area (Å²) < 4.78 is 39.8. The van der Waals surface area contributed by atoms with Gasteiger partial charge in [0.15, 0.2) is 0 Å². The molecule has 0 amide bonds. The van der Waals surface area contributed by atoms with Crippen LogP contribution in [0.2, 0.25) is 0 Å². The van der Waals surface area contributed by atoms with E-state index in [-0.39, 0.29) is 11.6 Å². The van der Waals surface area contributed by atoms with Crippen LogP contribution < -0.4 is 10.6 Å². The molecule has 7 nitrogen and oxygen atoms in total. The summed E-state index contributed by atoms with van der Waals surface area (Å²) in [4.78, 5) is 6.91. The Kier molecular flexibility index (Phi) is 4.55. The van der Waals surface area contributed by atoms with E-state index in [4.69, 9.17) is 0 Å². The Balaban J connectivity index is 2.08. The Labute approximate surface area is 118 Å². The smallest absolute Gasteiger partial charge is 0.370 e. The Morgan fingerprint density at radius 3 is 2.48 bits per heavy atom. The van der Waals surface area contributed by atoms with E-state index in [0.717, 1.165) is 0 Å². The molecule has 2 aromatic heterocycles. The number of anilines is 2. The second kappa shape index (κ2) is 6.37. The standard InChI is InChI=1S/C11H14F3N7/c1-2-15-8-7-9(19-10(18-8)11(12,13)14)16-3-5-21-6-4-17-20-21/h4,6-7H,2-3,5H2,1H3,(H2,15,16,18,19). The summed E-state index contributed by atoms with van der Waals surface area (Å²) in [6.07, 6.45) is -1.41. The van der Waals surface area contributed by atoms with Crippen LogP contribution in [0.1, 0.15) is 12.7 Å². The maximum atomic E-state index is 12.7. The first kappa shape index (κ1) is 15.0. The Bertz CT molecular complexity index is 568. The lowest BCUT2D eigenvalue weighted by atomic mass is 10.4. The highest BCUT2D eigenvalue weighted by Crippen LogP contribution is 2.28. The molecule has 21 heavy (non-hydrogen) atoms. The molecule has 0 atom stereocenters. The molecule has 2 heterocycles. The third-order valence-electron chi connectivity index (χ3n) is 2.46. The van der Waals surface area contributed by atoms with Gasteiger partial charge in [-0.3, -0.25) is 4.68 Å². The Hall–Kier alpha value is -2.39. The molecule has 2 N–H and O–H groups in total. The maximum absolute atomic E-state index is 12.7. The minimum Gasteiger partial charge on any atom is -0.370 e. The summed E-state index contributed by atoms with van der Waals surface area (Å²) in [6, 6.07) is 1.43. The van der Waals surface area contributed by atoms with Crippen LogP contribution in [0.5, 0.6) is 0 Å². The molecule has 0 aliphatic heterocycles. The van der Waals surface area contributed by atoms with E-state index >= 15 is 0 Å². The summed E-state index contributed by atoms with van der Waals surface area (Å²) in [7, 11) is 0. The summed E-state index contributed by atoms with van der Waals surface area (Å²) in [5.41, 5.74) is 0. The highest BCUT2D eigenvalue weighted by atomic mass is 19.4. The van der Waals surface area contributed by atoms with Gasteiger partial charge in [-0.1, -0.05) is 5.21 Å². The number of alkyl halides is 3. The van der Waals surface area contributed by atoms with Crippen molar-refractivity contribution in [1.29, 1.82) is 0 Å². The van der Waals surface area contributed by atoms with Crippen molar-refractivity contribution in [3.63, 3.8) is 0 Å². The number of rotatable bonds is 6. The van der Waals surface area contributed by atoms with Crippen LogP contribution in [0.3, 0.4) is 0 Å². The van der Waals surface area contributed by atoms with Gasteiger partial charge in [-0.15, -0.1) is 5.10 Å². The zero-order chi connectivity index (χ0) is 15.3. The molecular weight excluding hydrogens is 287 g/mol. The zero-order valence-electron chi connectivity index (χ0n) is 11.2. The third kappa shape index (κ3) is 4.29. The summed E-state index contributed by atoms with van der Waals surface area (Å²) in [6.45, 7) is 3.06. The first-order chi connectivity index (χ1) is 9.99. The molecule has 0 aliphatic rings. The van der Waals surface area contributed by atoms with E-state index in [1.54, 1.807) is 17.8 Å². The van der Waals surface area contributed by atoms with Gasteiger partial charge in [0.05, 0.1) is 12.7 Å². The van der Waals surface area contributed by atoms with Crippen molar-refractivity contribution in [2.75, 3.05) is 23.7 Å². The second-order valence-electron chi connectivity index (χ2n) is 4.08. The van der Waals surface area contributed by atoms with Gasteiger partial charge in [0.1, 0.15) is 11.6 Å². The molecule has 0 spiro atoms. The molecule has 10 heteroatoms. The molecule has 0 fully saturated rings. The predicted octanol–water partition coefficient (Wildman–Crippen LogP) is 1.63. The molecule has 2 rings (SSSR count). The van der Waals surface area contributed by atoms with Crippen LogP contribution in [0.25, 0.3) is 0 Å². The first-order valence-corrected chi connectivity index (χ1v) is 6.27. The van der Waals surface area contributed by atoms with Gasteiger partial charge in [-0.2, -0.15) is 13.2 Å². The predicted molar refractivity (Wildman–Crippen MR) is 69.7 cm³/mol. The molecule has 2 aromatic rings. The minimum atomic E-state index is -4.59. The fourth-order valence-corrected chi connectivity index (χ4v) is 1.59. The molecule has 0 saturated carbocycles. The van der Waals surface area contributed by atoms with Crippen LogP contribution in [0, 0.1) is 0 Å². The van der Waals surface area contributed by atoms with Gasteiger partial charge >= 0.3 is 6.18 Å². The number of nitrogens with zero attached hydrogens (tertiary/aromatic N) is 5. The number of halogens is 3. The molecule has 0 radical (unpaired) electrons. The lowest BCUT2D eigenvalue weighted by Gasteiger charge is -2.12. The lowest BCUT2D eigenvalue weighted by Crippen LogP contribution is -2.17. The van der Waals surface area contributed by atoms with Crippen LogP contribution >= 0.6 is 0 Å². The van der Waals surface area contributed by atoms with Crippen molar-refractivity contribution in [3.05, 3.63) is 24.3 Å². The molecule has 0 unspecified atom stereocenters. The lowest BCUT2D eigenvalue weighted by molar-refractivity contribution is -0.144. The fourth-order valence-electron chi connectivity index (χ4n) is 1.59. The zero-order valence-corrected chi connectivity index (χ0v) is 11.2. The number of hydrogen-bond acceptors (Lipinski definition) is 6. The fraction of sp³-hybridized carbons (Fsp3) is 0.455. The van der Waals surface area contributed by atoms with E-state index in [0.29, 0.717) is 19.6 Å². The van der Waals surface area contributed by atoms with Gasteiger partial charge in [0.25, 0.3) is 0 Å². The van der Waals surface area contributed by atoms with Crippen LogP contribution in [-0.4, -0.2) is 38.1 Å². The van der Waals surface area contributed by atoms with E-state index in [1.807, 2.05) is 0 Å². The van der Waals surface area contributed by atoms with E-state index in [1.165, 1.54) is 12.3 Å². The topological polar surface area (TPSA) is 80.5 Å². The molecule has 0 aliphatic carbocycles. The normalized spacial score (nSPS) is 11.4. The van der Waals surface area contributed by atoms with Crippen molar-refractivity contribution in [3.8, 4) is 0 Å². The van der Waals surface area contributed by atoms with Crippen molar-refractivity contribution in [2.24, 2.45) is 0 Å². The van der Waals surface area contributed by atoms with E-state index < -0.39 is 12.0 Å². The Morgan fingerprint density at radius 1 is 1.19 bits per heavy atom. The van der Waals surface area contributed by atoms with Gasteiger partial charge in [0, 0.05) is 25.4 Å². The van der Waals surface area contributed by atoms with Crippen molar-refractivity contribution >= 4 is 11.6 Å². The van der Waals surface area contributed by atoms with E-state index in [9.17, 15) is 13.2 Å². The summed E-state index contributed by atoms with van der Waals surface area (Å²) >= 11 is 0. The van der Waals surface area contributed by atoms with Crippen LogP contribution in [0.15, 0.2) is 18.5 Å². The molecule has 114 valence electrons. The van der Waals surface area contributed by atoms with Crippen molar-refractivity contribution < 1.29 is 13.2 Å². The van der Waals surface area contributed by atoms with Crippen molar-refractivity contribution in [2.45, 2.75) is 19.6 Å². The van der Waals surface area contributed by atoms with Gasteiger partial charge in [-0.05, 0) is 6.92 Å². The molecule has 0 bridgehead atoms. The summed E-state index contributed by atoms with van der Waals surface area (Å²) in [5.74, 6) is -0.944. The minimum absolute atomic E-state index is 0.105. The first-order valence-electron chi connectivity index (χ1n) is 6.27. The van der Waals surface area contributed by atoms with Crippen LogP contribution in [0.4, 0.5) is 24.8 Å². The Morgan fingerprint density at radius 2 is 1.90 bits per heavy atom. The maximum Gasteiger partial charge on any atom is 0.451 e. The van der Waals surface area contributed by atoms with Crippen LogP contribution in [-0.2, 0) is 12.7 Å². The van der Waals surface area contributed by atoms with E-state index in [2.05, 4.69) is 30.9 Å². The van der Waals surface area contributed by atoms with Gasteiger partial charge < -0.3 is 10.6 Å². The second-order valence-corrected chi connectivity index (χ2v) is 4.08. The highest BCUT2D eigenvalue weighted by molar-refractivity contribution is 5.47. The summed E-state index contributed by atoms with van der Waals surface area (Å²) in [5, 5.41) is 12.9. The van der Waals surface area contributed by atoms with Crippen molar-refractivity contribution in [1.82, 2.24) is 25.0 Å². The molecular formula is C11H14F3N7. The average molecular weight is 301 g/mol. The van der Waals surface area contributed by atoms with Gasteiger partial charge in [-0.25, -0.2) is 9.97 Å². The third-order valence-corrected chi connectivity index (χ3v) is 2.46. The highest BCUT2D eigenvalue weighted by Gasteiger charge is 2.35. The molecule has 0 saturated heterocycles. The average Bonchev–Trinajstić information content (AvgIpc) is 2.91. The number of hydrogen-bond donors (Lipinski definition) is 2.